The van der Waals surface area contributed by atoms with Crippen molar-refractivity contribution in [3.05, 3.63) is 35.9 Å². The van der Waals surface area contributed by atoms with Crippen molar-refractivity contribution in [2.75, 3.05) is 27.2 Å². The van der Waals surface area contributed by atoms with E-state index in [1.54, 1.807) is 0 Å². The fourth-order valence-corrected chi connectivity index (χ4v) is 3.69. The predicted molar refractivity (Wildman–Crippen MR) is 114 cm³/mol. The molecular weight excluding hydrogens is 352 g/mol. The lowest BCUT2D eigenvalue weighted by Crippen LogP contribution is -2.44. The number of nitrogens with zero attached hydrogens (tertiary/aromatic N) is 2. The van der Waals surface area contributed by atoms with Crippen LogP contribution in [0.5, 0.6) is 0 Å². The summed E-state index contributed by atoms with van der Waals surface area (Å²) in [5.74, 6) is 0.767. The lowest BCUT2D eigenvalue weighted by molar-refractivity contribution is -0.140. The van der Waals surface area contributed by atoms with Gasteiger partial charge in [0.15, 0.2) is 5.96 Å². The minimum atomic E-state index is -0.116. The molecule has 2 atom stereocenters. The lowest BCUT2D eigenvalue weighted by Gasteiger charge is -2.21. The van der Waals surface area contributed by atoms with Crippen LogP contribution in [-0.4, -0.2) is 56.2 Å². The van der Waals surface area contributed by atoms with Gasteiger partial charge in [0.25, 0.3) is 0 Å². The Labute approximate surface area is 169 Å². The standard InChI is InChI=1S/C22H36N4O2/c1-18-15-20(17-26(18)16-19-11-7-6-8-12-19)25-22(23-2)24-14-10-5-4-9-13-21(27)28-3/h6-8,11-12,18,20H,4-5,9-10,13-17H2,1-3H3,(H2,23,24,25). The van der Waals surface area contributed by atoms with Crippen molar-refractivity contribution < 1.29 is 9.53 Å². The Bertz CT molecular complexity index is 606. The molecule has 2 N–H and O–H groups in total. The highest BCUT2D eigenvalue weighted by Crippen LogP contribution is 2.20. The molecule has 1 aliphatic heterocycles. The number of hydrogen-bond acceptors (Lipinski definition) is 4. The summed E-state index contributed by atoms with van der Waals surface area (Å²) in [6, 6.07) is 11.6. The second kappa shape index (κ2) is 12.4. The molecule has 2 rings (SSSR count). The van der Waals surface area contributed by atoms with Gasteiger partial charge in [0.2, 0.25) is 0 Å². The van der Waals surface area contributed by atoms with E-state index in [-0.39, 0.29) is 5.97 Å². The summed E-state index contributed by atoms with van der Waals surface area (Å²) in [7, 11) is 3.27. The molecule has 0 amide bonds. The molecule has 0 radical (unpaired) electrons. The van der Waals surface area contributed by atoms with Gasteiger partial charge >= 0.3 is 5.97 Å². The first-order chi connectivity index (χ1) is 13.6. The molecule has 1 fully saturated rings. The van der Waals surface area contributed by atoms with Gasteiger partial charge in [-0.3, -0.25) is 14.7 Å². The summed E-state index contributed by atoms with van der Waals surface area (Å²) in [5.41, 5.74) is 1.37. The number of guanidine groups is 1. The maximum absolute atomic E-state index is 11.1. The number of rotatable bonds is 10. The third-order valence-electron chi connectivity index (χ3n) is 5.32. The highest BCUT2D eigenvalue weighted by molar-refractivity contribution is 5.80. The first-order valence-electron chi connectivity index (χ1n) is 10.4. The molecule has 156 valence electrons. The molecular formula is C22H36N4O2. The minimum absolute atomic E-state index is 0.116. The first kappa shape index (κ1) is 22.2. The van der Waals surface area contributed by atoms with Crippen molar-refractivity contribution in [2.24, 2.45) is 4.99 Å². The Kier molecular flexibility index (Phi) is 9.83. The van der Waals surface area contributed by atoms with Crippen molar-refractivity contribution >= 4 is 11.9 Å². The number of hydrogen-bond donors (Lipinski definition) is 2. The number of likely N-dealkylation sites (tertiary alicyclic amines) is 1. The van der Waals surface area contributed by atoms with Crippen molar-refractivity contribution in [3.8, 4) is 0 Å². The van der Waals surface area contributed by atoms with Crippen molar-refractivity contribution in [1.29, 1.82) is 0 Å². The smallest absolute Gasteiger partial charge is 0.305 e. The van der Waals surface area contributed by atoms with Gasteiger partial charge in [0.05, 0.1) is 7.11 Å². The number of nitrogens with one attached hydrogen (secondary N) is 2. The Morgan fingerprint density at radius 2 is 1.96 bits per heavy atom. The van der Waals surface area contributed by atoms with Gasteiger partial charge in [0, 0.05) is 45.2 Å². The number of carbonyl (C=O) groups is 1. The van der Waals surface area contributed by atoms with E-state index in [0.29, 0.717) is 18.5 Å². The normalized spacial score (nSPS) is 20.2. The van der Waals surface area contributed by atoms with Gasteiger partial charge in [-0.1, -0.05) is 43.2 Å². The van der Waals surface area contributed by atoms with E-state index in [1.807, 2.05) is 7.05 Å². The number of methoxy groups -OCH3 is 1. The topological polar surface area (TPSA) is 66.0 Å². The largest absolute Gasteiger partial charge is 0.469 e. The Hall–Kier alpha value is -2.08. The quantitative estimate of drug-likeness (QED) is 0.279. The second-order valence-corrected chi connectivity index (χ2v) is 7.58. The summed E-state index contributed by atoms with van der Waals surface area (Å²) in [6.45, 7) is 5.23. The summed E-state index contributed by atoms with van der Waals surface area (Å²) in [6.07, 6.45) is 5.77. The molecule has 1 aliphatic rings. The zero-order chi connectivity index (χ0) is 20.2. The molecule has 0 bridgehead atoms. The molecule has 0 saturated carbocycles. The molecule has 0 spiro atoms. The van der Waals surface area contributed by atoms with Crippen LogP contribution in [0.15, 0.2) is 35.3 Å². The third-order valence-corrected chi connectivity index (χ3v) is 5.32. The van der Waals surface area contributed by atoms with Gasteiger partial charge in [-0.15, -0.1) is 0 Å². The fraction of sp³-hybridized carbons (Fsp3) is 0.636. The number of carbonyl (C=O) groups excluding carboxylic acids is 1. The lowest BCUT2D eigenvalue weighted by atomic mass is 10.1. The molecule has 6 nitrogen and oxygen atoms in total. The molecule has 6 heteroatoms. The zero-order valence-electron chi connectivity index (χ0n) is 17.6. The van der Waals surface area contributed by atoms with E-state index in [9.17, 15) is 4.79 Å². The summed E-state index contributed by atoms with van der Waals surface area (Å²) in [4.78, 5) is 18.0. The molecule has 1 heterocycles. The monoisotopic (exact) mass is 388 g/mol. The highest BCUT2D eigenvalue weighted by Gasteiger charge is 2.29. The summed E-state index contributed by atoms with van der Waals surface area (Å²) in [5, 5.41) is 6.99. The number of aliphatic imine (C=N–C) groups is 1. The molecule has 1 aromatic carbocycles. The second-order valence-electron chi connectivity index (χ2n) is 7.58. The molecule has 28 heavy (non-hydrogen) atoms. The van der Waals surface area contributed by atoms with Crippen LogP contribution in [0.25, 0.3) is 0 Å². The molecule has 0 aromatic heterocycles. The average molecular weight is 389 g/mol. The zero-order valence-corrected chi connectivity index (χ0v) is 17.6. The van der Waals surface area contributed by atoms with Crippen LogP contribution in [0, 0.1) is 0 Å². The first-order valence-corrected chi connectivity index (χ1v) is 10.4. The van der Waals surface area contributed by atoms with Crippen LogP contribution < -0.4 is 10.6 Å². The van der Waals surface area contributed by atoms with Crippen LogP contribution >= 0.6 is 0 Å². The number of benzene rings is 1. The molecule has 1 aromatic rings. The van der Waals surface area contributed by atoms with Gasteiger partial charge < -0.3 is 15.4 Å². The summed E-state index contributed by atoms with van der Waals surface area (Å²) < 4.78 is 4.66. The minimum Gasteiger partial charge on any atom is -0.469 e. The van der Waals surface area contributed by atoms with Crippen LogP contribution in [0.3, 0.4) is 0 Å². The fourth-order valence-electron chi connectivity index (χ4n) is 3.69. The number of unbranched alkanes of at least 4 members (excludes halogenated alkanes) is 3. The van der Waals surface area contributed by atoms with E-state index >= 15 is 0 Å². The van der Waals surface area contributed by atoms with Crippen LogP contribution in [0.2, 0.25) is 0 Å². The Balaban J connectivity index is 1.63. The van der Waals surface area contributed by atoms with Gasteiger partial charge in [-0.05, 0) is 31.7 Å². The van der Waals surface area contributed by atoms with Crippen LogP contribution in [-0.2, 0) is 16.1 Å². The molecule has 2 unspecified atom stereocenters. The van der Waals surface area contributed by atoms with Gasteiger partial charge in [0.1, 0.15) is 0 Å². The predicted octanol–water partition coefficient (Wildman–Crippen LogP) is 2.94. The van der Waals surface area contributed by atoms with E-state index in [0.717, 1.165) is 57.7 Å². The third kappa shape index (κ3) is 7.89. The average Bonchev–Trinajstić information content (AvgIpc) is 3.05. The van der Waals surface area contributed by atoms with E-state index in [2.05, 4.69) is 62.5 Å². The van der Waals surface area contributed by atoms with Crippen molar-refractivity contribution in [1.82, 2.24) is 15.5 Å². The van der Waals surface area contributed by atoms with Crippen LogP contribution in [0.4, 0.5) is 0 Å². The van der Waals surface area contributed by atoms with Crippen molar-refractivity contribution in [2.45, 2.75) is 64.1 Å². The van der Waals surface area contributed by atoms with Gasteiger partial charge in [-0.25, -0.2) is 0 Å². The van der Waals surface area contributed by atoms with E-state index < -0.39 is 0 Å². The molecule has 1 saturated heterocycles. The van der Waals surface area contributed by atoms with E-state index in [1.165, 1.54) is 12.7 Å². The number of ether oxygens (including phenoxy) is 1. The Morgan fingerprint density at radius 3 is 2.68 bits per heavy atom. The highest BCUT2D eigenvalue weighted by atomic mass is 16.5. The number of esters is 1. The SMILES string of the molecule is CN=C(NCCCCCCC(=O)OC)NC1CC(C)N(Cc2ccccc2)C1. The summed E-state index contributed by atoms with van der Waals surface area (Å²) >= 11 is 0. The van der Waals surface area contributed by atoms with E-state index in [4.69, 9.17) is 0 Å². The van der Waals surface area contributed by atoms with Crippen LogP contribution in [0.1, 0.15) is 51.0 Å². The Morgan fingerprint density at radius 1 is 1.21 bits per heavy atom. The molecule has 0 aliphatic carbocycles. The maximum Gasteiger partial charge on any atom is 0.305 e. The van der Waals surface area contributed by atoms with Gasteiger partial charge in [-0.2, -0.15) is 0 Å². The van der Waals surface area contributed by atoms with Crippen molar-refractivity contribution in [3.63, 3.8) is 0 Å². The maximum atomic E-state index is 11.1.